The maximum Gasteiger partial charge on any atom is 2.00 e. The third kappa shape index (κ3) is 4.23. The summed E-state index contributed by atoms with van der Waals surface area (Å²) in [5.41, 5.74) is 4.77. The maximum atomic E-state index is 10.2. The van der Waals surface area contributed by atoms with Gasteiger partial charge in [0.1, 0.15) is 11.3 Å². The molecule has 4 aromatic carbocycles. The molecule has 0 saturated heterocycles. The molecule has 0 aliphatic heterocycles. The third-order valence-corrected chi connectivity index (χ3v) is 4.42. The van der Waals surface area contributed by atoms with Gasteiger partial charge < -0.3 is 5.11 Å². The van der Waals surface area contributed by atoms with Gasteiger partial charge in [0.2, 0.25) is 0 Å². The zero-order chi connectivity index (χ0) is 18.5. The van der Waals surface area contributed by atoms with Gasteiger partial charge >= 0.3 is 17.1 Å². The van der Waals surface area contributed by atoms with E-state index in [1.165, 1.54) is 0 Å². The van der Waals surface area contributed by atoms with Crippen molar-refractivity contribution >= 4 is 10.9 Å². The van der Waals surface area contributed by atoms with Gasteiger partial charge in [-0.1, -0.05) is 54.1 Å². The predicted molar refractivity (Wildman–Crippen MR) is 112 cm³/mol. The average Bonchev–Trinajstić information content (AvgIpc) is 3.45. The van der Waals surface area contributed by atoms with E-state index >= 15 is 0 Å². The smallest absolute Gasteiger partial charge is 0.506 e. The number of hydrogen-bond acceptors (Lipinski definition) is 2. The van der Waals surface area contributed by atoms with E-state index < -0.39 is 0 Å². The Morgan fingerprint density at radius 1 is 0.786 bits per heavy atom. The van der Waals surface area contributed by atoms with Crippen molar-refractivity contribution in [3.05, 3.63) is 109 Å². The Morgan fingerprint density at radius 2 is 1.50 bits per heavy atom. The molecule has 138 valence electrons. The van der Waals surface area contributed by atoms with Crippen molar-refractivity contribution < 1.29 is 22.2 Å². The van der Waals surface area contributed by atoms with Gasteiger partial charge in [0.05, 0.1) is 0 Å². The molecule has 1 N–H and O–H groups in total. The molecule has 0 fully saturated rings. The van der Waals surface area contributed by atoms with Crippen LogP contribution in [0.4, 0.5) is 0 Å². The van der Waals surface area contributed by atoms with E-state index in [1.807, 2.05) is 84.9 Å². The Hall–Kier alpha value is -3.13. The minimum atomic E-state index is 0. The summed E-state index contributed by atoms with van der Waals surface area (Å²) in [6.07, 6.45) is 0. The summed E-state index contributed by atoms with van der Waals surface area (Å²) in [6.45, 7) is 0. The molecule has 0 amide bonds. The number of nitrogens with zero attached hydrogens (tertiary/aromatic N) is 1. The van der Waals surface area contributed by atoms with Crippen LogP contribution in [0, 0.1) is 0 Å². The molecule has 3 heteroatoms. The zero-order valence-corrected chi connectivity index (χ0v) is 16.2. The van der Waals surface area contributed by atoms with Crippen molar-refractivity contribution in [1.29, 1.82) is 0 Å². The van der Waals surface area contributed by atoms with Gasteiger partial charge in [0, 0.05) is 5.39 Å². The van der Waals surface area contributed by atoms with Gasteiger partial charge in [-0.25, -0.2) is 12.1 Å². The molecule has 0 radical (unpaired) electrons. The normalized spacial score (nSPS) is 10.0. The number of fused-ring (bicyclic) bond motifs is 1. The van der Waals surface area contributed by atoms with Crippen LogP contribution in [0.15, 0.2) is 109 Å². The molecular weight excluding hydrogens is 386 g/mol. The molecule has 28 heavy (non-hydrogen) atoms. The SMILES string of the molecule is Oc1cccc2c(-c3ccccc3)cc(-[c-]3cccc3)nc12.[Fe+2].c1cc[cH-]c1. The van der Waals surface area contributed by atoms with Crippen molar-refractivity contribution in [2.45, 2.75) is 0 Å². The largest absolute Gasteiger partial charge is 2.00 e. The molecular formula is C25H19FeNO. The summed E-state index contributed by atoms with van der Waals surface area (Å²) < 4.78 is 0. The molecule has 0 atom stereocenters. The molecule has 0 saturated carbocycles. The van der Waals surface area contributed by atoms with E-state index in [4.69, 9.17) is 0 Å². The van der Waals surface area contributed by atoms with Crippen LogP contribution in [-0.4, -0.2) is 10.1 Å². The Morgan fingerprint density at radius 3 is 2.14 bits per heavy atom. The van der Waals surface area contributed by atoms with Crippen LogP contribution >= 0.6 is 0 Å². The van der Waals surface area contributed by atoms with Crippen LogP contribution in [0.25, 0.3) is 33.3 Å². The number of pyridine rings is 1. The van der Waals surface area contributed by atoms with Gasteiger partial charge in [-0.15, -0.1) is 12.1 Å². The van der Waals surface area contributed by atoms with Crippen LogP contribution in [-0.2, 0) is 17.1 Å². The van der Waals surface area contributed by atoms with Crippen molar-refractivity contribution in [3.8, 4) is 28.1 Å². The van der Waals surface area contributed by atoms with E-state index in [0.717, 1.165) is 27.8 Å². The van der Waals surface area contributed by atoms with E-state index in [0.29, 0.717) is 5.52 Å². The predicted octanol–water partition coefficient (Wildman–Crippen LogP) is 6.40. The summed E-state index contributed by atoms with van der Waals surface area (Å²) >= 11 is 0. The molecule has 0 unspecified atom stereocenters. The average molecular weight is 405 g/mol. The molecule has 5 aromatic rings. The Bertz CT molecular complexity index is 1100. The van der Waals surface area contributed by atoms with Crippen LogP contribution < -0.4 is 0 Å². The second kappa shape index (κ2) is 9.18. The van der Waals surface area contributed by atoms with Gasteiger partial charge in [-0.05, 0) is 22.9 Å². The third-order valence-electron chi connectivity index (χ3n) is 4.42. The first-order chi connectivity index (χ1) is 13.3. The second-order valence-corrected chi connectivity index (χ2v) is 6.23. The summed E-state index contributed by atoms with van der Waals surface area (Å²) in [5, 5.41) is 11.2. The first-order valence-corrected chi connectivity index (χ1v) is 8.90. The number of benzene rings is 2. The number of phenolic OH excluding ortho intramolecular Hbond substituents is 1. The second-order valence-electron chi connectivity index (χ2n) is 6.23. The fraction of sp³-hybridized carbons (Fsp3) is 0. The van der Waals surface area contributed by atoms with Crippen LogP contribution in [0.3, 0.4) is 0 Å². The number of hydrogen-bond donors (Lipinski definition) is 1. The van der Waals surface area contributed by atoms with Crippen LogP contribution in [0.1, 0.15) is 0 Å². The topological polar surface area (TPSA) is 33.1 Å². The van der Waals surface area contributed by atoms with Gasteiger partial charge in [-0.3, -0.25) is 4.98 Å². The summed E-state index contributed by atoms with van der Waals surface area (Å²) in [5.74, 6) is 0.211. The Labute approximate surface area is 175 Å². The number of para-hydroxylation sites is 1. The van der Waals surface area contributed by atoms with Gasteiger partial charge in [0.25, 0.3) is 0 Å². The Balaban J connectivity index is 0.000000329. The fourth-order valence-corrected chi connectivity index (χ4v) is 3.10. The first-order valence-electron chi connectivity index (χ1n) is 8.90. The molecule has 1 aromatic heterocycles. The van der Waals surface area contributed by atoms with Crippen molar-refractivity contribution in [3.63, 3.8) is 0 Å². The van der Waals surface area contributed by atoms with E-state index in [2.05, 4.69) is 23.2 Å². The number of aromatic nitrogens is 1. The molecule has 0 bridgehead atoms. The van der Waals surface area contributed by atoms with Crippen molar-refractivity contribution in [2.24, 2.45) is 0 Å². The van der Waals surface area contributed by atoms with Crippen molar-refractivity contribution in [2.75, 3.05) is 0 Å². The number of rotatable bonds is 2. The van der Waals surface area contributed by atoms with Crippen LogP contribution in [0.2, 0.25) is 0 Å². The monoisotopic (exact) mass is 405 g/mol. The van der Waals surface area contributed by atoms with Gasteiger partial charge in [-0.2, -0.15) is 30.3 Å². The van der Waals surface area contributed by atoms with E-state index in [9.17, 15) is 5.11 Å². The molecule has 2 nitrogen and oxygen atoms in total. The molecule has 5 rings (SSSR count). The maximum absolute atomic E-state index is 10.2. The fourth-order valence-electron chi connectivity index (χ4n) is 3.10. The van der Waals surface area contributed by atoms with E-state index in [1.54, 1.807) is 6.07 Å². The Kier molecular flexibility index (Phi) is 6.44. The summed E-state index contributed by atoms with van der Waals surface area (Å²) in [6, 6.07) is 35.9. The summed E-state index contributed by atoms with van der Waals surface area (Å²) in [7, 11) is 0. The molecule has 0 spiro atoms. The van der Waals surface area contributed by atoms with Crippen molar-refractivity contribution in [1.82, 2.24) is 4.98 Å². The molecule has 0 aliphatic rings. The van der Waals surface area contributed by atoms with E-state index in [-0.39, 0.29) is 22.8 Å². The summed E-state index contributed by atoms with van der Waals surface area (Å²) in [4.78, 5) is 4.65. The zero-order valence-electron chi connectivity index (χ0n) is 15.1. The number of aromatic hydroxyl groups is 1. The van der Waals surface area contributed by atoms with Gasteiger partial charge in [0.15, 0.2) is 0 Å². The molecule has 0 aliphatic carbocycles. The number of phenols is 1. The minimum Gasteiger partial charge on any atom is -0.506 e. The molecule has 1 heterocycles. The quantitative estimate of drug-likeness (QED) is 0.273. The minimum absolute atomic E-state index is 0. The first kappa shape index (κ1) is 19.6. The van der Waals surface area contributed by atoms with Crippen LogP contribution in [0.5, 0.6) is 5.75 Å². The standard InChI is InChI=1S/C20H14NO.C5H5.Fe/c22-19-12-6-11-16-17(14-7-2-1-3-8-14)13-18(21-20(16)19)15-9-4-5-10-15;1-2-4-5-3-1;/h1-13,22H;1-5H;/q2*-1;+2.